The van der Waals surface area contributed by atoms with E-state index >= 15 is 0 Å². The van der Waals surface area contributed by atoms with Crippen LogP contribution in [-0.2, 0) is 18.2 Å². The molecule has 1 aromatic heterocycles. The predicted molar refractivity (Wildman–Crippen MR) is 98.6 cm³/mol. The van der Waals surface area contributed by atoms with E-state index < -0.39 is 12.1 Å². The van der Waals surface area contributed by atoms with Gasteiger partial charge in [-0.15, -0.1) is 0 Å². The summed E-state index contributed by atoms with van der Waals surface area (Å²) in [5.74, 6) is 0.576. The highest BCUT2D eigenvalue weighted by Gasteiger charge is 2.30. The molecule has 3 aromatic rings. The zero-order valence-corrected chi connectivity index (χ0v) is 15.1. The SMILES string of the molecule is Cc1nc2c3c(c(C(=O)OC(N)=O)cc2n1C)CCC(c1ccccc1)O3. The number of aromatic nitrogens is 2. The molecule has 0 saturated heterocycles. The van der Waals surface area contributed by atoms with E-state index in [-0.39, 0.29) is 11.7 Å². The molecule has 2 aromatic carbocycles. The zero-order valence-electron chi connectivity index (χ0n) is 15.1. The highest BCUT2D eigenvalue weighted by Crippen LogP contribution is 2.41. The average Bonchev–Trinajstić information content (AvgIpc) is 2.95. The number of ether oxygens (including phenoxy) is 2. The lowest BCUT2D eigenvalue weighted by Gasteiger charge is -2.28. The zero-order chi connectivity index (χ0) is 19.1. The van der Waals surface area contributed by atoms with Crippen molar-refractivity contribution < 1.29 is 19.1 Å². The lowest BCUT2D eigenvalue weighted by molar-refractivity contribution is 0.0634. The number of fused-ring (bicyclic) bond motifs is 3. The summed E-state index contributed by atoms with van der Waals surface area (Å²) < 4.78 is 12.8. The first-order chi connectivity index (χ1) is 13.0. The van der Waals surface area contributed by atoms with Crippen molar-refractivity contribution in [1.82, 2.24) is 9.55 Å². The molecule has 1 aliphatic rings. The highest BCUT2D eigenvalue weighted by atomic mass is 16.6. The Kier molecular flexibility index (Phi) is 4.07. The number of amides is 1. The van der Waals surface area contributed by atoms with Crippen LogP contribution in [-0.4, -0.2) is 21.6 Å². The van der Waals surface area contributed by atoms with Crippen molar-refractivity contribution in [3.63, 3.8) is 0 Å². The average molecular weight is 365 g/mol. The molecule has 0 spiro atoms. The van der Waals surface area contributed by atoms with Crippen LogP contribution in [0, 0.1) is 6.92 Å². The minimum Gasteiger partial charge on any atom is -0.483 e. The molecule has 0 radical (unpaired) electrons. The third-order valence-electron chi connectivity index (χ3n) is 4.96. The topological polar surface area (TPSA) is 96.4 Å². The van der Waals surface area contributed by atoms with Gasteiger partial charge in [-0.1, -0.05) is 30.3 Å². The summed E-state index contributed by atoms with van der Waals surface area (Å²) in [5, 5.41) is 0. The van der Waals surface area contributed by atoms with Crippen LogP contribution in [0.3, 0.4) is 0 Å². The smallest absolute Gasteiger partial charge is 0.412 e. The third-order valence-corrected chi connectivity index (χ3v) is 4.96. The number of carbonyl (C=O) groups is 2. The lowest BCUT2D eigenvalue weighted by atomic mass is 9.93. The molecule has 0 aliphatic carbocycles. The number of benzene rings is 2. The van der Waals surface area contributed by atoms with E-state index in [1.54, 1.807) is 6.07 Å². The van der Waals surface area contributed by atoms with Crippen molar-refractivity contribution in [2.75, 3.05) is 0 Å². The minimum atomic E-state index is -1.13. The Labute approximate surface area is 155 Å². The van der Waals surface area contributed by atoms with E-state index in [1.807, 2.05) is 48.9 Å². The molecule has 138 valence electrons. The molecule has 1 atom stereocenters. The van der Waals surface area contributed by atoms with Gasteiger partial charge in [-0.25, -0.2) is 14.6 Å². The molecule has 27 heavy (non-hydrogen) atoms. The van der Waals surface area contributed by atoms with E-state index in [4.69, 9.17) is 10.5 Å². The number of imidazole rings is 1. The molecule has 2 N–H and O–H groups in total. The Bertz CT molecular complexity index is 1060. The van der Waals surface area contributed by atoms with E-state index in [0.29, 0.717) is 29.7 Å². The molecule has 7 nitrogen and oxygen atoms in total. The fourth-order valence-corrected chi connectivity index (χ4v) is 3.53. The van der Waals surface area contributed by atoms with Crippen LogP contribution in [0.25, 0.3) is 11.0 Å². The Balaban J connectivity index is 1.87. The van der Waals surface area contributed by atoms with Gasteiger partial charge in [-0.2, -0.15) is 0 Å². The summed E-state index contributed by atoms with van der Waals surface area (Å²) in [7, 11) is 1.86. The molecule has 0 saturated carbocycles. The number of aryl methyl sites for hydroxylation is 2. The quantitative estimate of drug-likeness (QED) is 0.556. The maximum Gasteiger partial charge on any atom is 0.412 e. The van der Waals surface area contributed by atoms with Gasteiger partial charge in [0.15, 0.2) is 5.75 Å². The van der Waals surface area contributed by atoms with Crippen LogP contribution in [0.15, 0.2) is 36.4 Å². The van der Waals surface area contributed by atoms with Gasteiger partial charge in [-0.05, 0) is 31.4 Å². The third kappa shape index (κ3) is 2.91. The first kappa shape index (κ1) is 17.1. The molecule has 1 amide bonds. The number of nitrogens with zero attached hydrogens (tertiary/aromatic N) is 2. The van der Waals surface area contributed by atoms with Crippen molar-refractivity contribution in [1.29, 1.82) is 0 Å². The number of carbonyl (C=O) groups excluding carboxylic acids is 2. The van der Waals surface area contributed by atoms with E-state index in [0.717, 1.165) is 16.9 Å². The number of primary amides is 1. The van der Waals surface area contributed by atoms with E-state index in [9.17, 15) is 9.59 Å². The number of rotatable bonds is 2. The number of hydrogen-bond donors (Lipinski definition) is 1. The van der Waals surface area contributed by atoms with Crippen molar-refractivity contribution >= 4 is 23.1 Å². The van der Waals surface area contributed by atoms with Gasteiger partial charge < -0.3 is 19.8 Å². The summed E-state index contributed by atoms with van der Waals surface area (Å²) in [6.45, 7) is 1.88. The van der Waals surface area contributed by atoms with Crippen LogP contribution in [0.4, 0.5) is 4.79 Å². The van der Waals surface area contributed by atoms with Crippen LogP contribution in [0.1, 0.15) is 39.8 Å². The summed E-state index contributed by atoms with van der Waals surface area (Å²) in [6, 6.07) is 11.6. The Hall–Kier alpha value is -3.35. The summed E-state index contributed by atoms with van der Waals surface area (Å²) in [5.41, 5.74) is 8.49. The molecule has 0 bridgehead atoms. The molecule has 1 aliphatic heterocycles. The lowest BCUT2D eigenvalue weighted by Crippen LogP contribution is -2.22. The largest absolute Gasteiger partial charge is 0.483 e. The fourth-order valence-electron chi connectivity index (χ4n) is 3.53. The highest BCUT2D eigenvalue weighted by molar-refractivity contribution is 6.02. The second kappa shape index (κ2) is 6.42. The van der Waals surface area contributed by atoms with E-state index in [2.05, 4.69) is 9.72 Å². The summed E-state index contributed by atoms with van der Waals surface area (Å²) in [4.78, 5) is 28.1. The van der Waals surface area contributed by atoms with Crippen LogP contribution in [0.2, 0.25) is 0 Å². The van der Waals surface area contributed by atoms with E-state index in [1.165, 1.54) is 0 Å². The normalized spacial score (nSPS) is 15.9. The first-order valence-corrected chi connectivity index (χ1v) is 8.68. The molecule has 7 heteroatoms. The first-order valence-electron chi connectivity index (χ1n) is 8.68. The van der Waals surface area contributed by atoms with Crippen molar-refractivity contribution in [3.8, 4) is 5.75 Å². The van der Waals surface area contributed by atoms with Crippen LogP contribution in [0.5, 0.6) is 5.75 Å². The Morgan fingerprint density at radius 1 is 1.30 bits per heavy atom. The van der Waals surface area contributed by atoms with Gasteiger partial charge in [0.2, 0.25) is 0 Å². The van der Waals surface area contributed by atoms with Gasteiger partial charge in [0.1, 0.15) is 17.4 Å². The van der Waals surface area contributed by atoms with Gasteiger partial charge >= 0.3 is 12.1 Å². The van der Waals surface area contributed by atoms with Crippen molar-refractivity contribution in [2.24, 2.45) is 12.8 Å². The fraction of sp³-hybridized carbons (Fsp3) is 0.250. The summed E-state index contributed by atoms with van der Waals surface area (Å²) in [6.07, 6.45) is 0.0371. The molecule has 0 fully saturated rings. The molecule has 2 heterocycles. The van der Waals surface area contributed by atoms with Crippen molar-refractivity contribution in [3.05, 3.63) is 58.9 Å². The second-order valence-corrected chi connectivity index (χ2v) is 6.58. The Morgan fingerprint density at radius 2 is 2.04 bits per heavy atom. The maximum atomic E-state index is 12.4. The minimum absolute atomic E-state index is 0.133. The van der Waals surface area contributed by atoms with Crippen molar-refractivity contribution in [2.45, 2.75) is 25.9 Å². The van der Waals surface area contributed by atoms with Crippen LogP contribution >= 0.6 is 0 Å². The van der Waals surface area contributed by atoms with Gasteiger partial charge in [0, 0.05) is 12.6 Å². The monoisotopic (exact) mass is 365 g/mol. The number of nitrogens with two attached hydrogens (primary N) is 1. The molecule has 4 rings (SSSR count). The number of esters is 1. The Morgan fingerprint density at radius 3 is 2.74 bits per heavy atom. The second-order valence-electron chi connectivity index (χ2n) is 6.58. The summed E-state index contributed by atoms with van der Waals surface area (Å²) >= 11 is 0. The molecular weight excluding hydrogens is 346 g/mol. The van der Waals surface area contributed by atoms with Gasteiger partial charge in [0.25, 0.3) is 0 Å². The molecule has 1 unspecified atom stereocenters. The standard InChI is InChI=1S/C20H19N3O4/c1-11-22-17-15(23(11)2)10-14(19(24)27-20(21)25)13-8-9-16(26-18(13)17)12-6-4-3-5-7-12/h3-7,10,16H,8-9H2,1-2H3,(H2,21,25). The number of hydrogen-bond acceptors (Lipinski definition) is 5. The predicted octanol–water partition coefficient (Wildman–Crippen LogP) is 3.18. The van der Waals surface area contributed by atoms with Crippen LogP contribution < -0.4 is 10.5 Å². The molecular formula is C20H19N3O4. The van der Waals surface area contributed by atoms with Gasteiger partial charge in [0.05, 0.1) is 11.1 Å². The van der Waals surface area contributed by atoms with Gasteiger partial charge in [-0.3, -0.25) is 0 Å². The maximum absolute atomic E-state index is 12.4.